The number of nitrogens with zero attached hydrogens (tertiary/aromatic N) is 1. The summed E-state index contributed by atoms with van der Waals surface area (Å²) in [6, 6.07) is 11.1. The summed E-state index contributed by atoms with van der Waals surface area (Å²) in [5.41, 5.74) is 1.75. The zero-order valence-electron chi connectivity index (χ0n) is 16.5. The molecule has 1 aliphatic heterocycles. The van der Waals surface area contributed by atoms with Crippen LogP contribution in [0, 0.1) is 0 Å². The monoisotopic (exact) mass is 405 g/mol. The van der Waals surface area contributed by atoms with Crippen molar-refractivity contribution in [3.63, 3.8) is 0 Å². The van der Waals surface area contributed by atoms with Gasteiger partial charge in [-0.2, -0.15) is 0 Å². The van der Waals surface area contributed by atoms with Crippen LogP contribution in [0.15, 0.2) is 36.4 Å². The highest BCUT2D eigenvalue weighted by atomic mass is 35.5. The first kappa shape index (κ1) is 20.3. The zero-order chi connectivity index (χ0) is 20.1. The molecule has 1 fully saturated rings. The Kier molecular flexibility index (Phi) is 6.65. The molecule has 0 saturated carbocycles. The number of benzene rings is 2. The minimum Gasteiger partial charge on any atom is -0.493 e. The molecule has 0 bridgehead atoms. The molecule has 2 aromatic rings. The summed E-state index contributed by atoms with van der Waals surface area (Å²) in [5.74, 6) is 1.95. The summed E-state index contributed by atoms with van der Waals surface area (Å²) in [7, 11) is 4.84. The topological polar surface area (TPSA) is 52.4 Å². The van der Waals surface area contributed by atoms with Crippen molar-refractivity contribution in [2.45, 2.75) is 6.54 Å². The molecule has 3 rings (SSSR count). The summed E-state index contributed by atoms with van der Waals surface area (Å²) in [4.78, 5) is 16.0. The van der Waals surface area contributed by atoms with Gasteiger partial charge in [0.15, 0.2) is 11.5 Å². The van der Waals surface area contributed by atoms with Gasteiger partial charge < -0.3 is 24.0 Å². The maximum Gasteiger partial charge on any atom is 0.254 e. The molecular formula is C21H26ClN2O4+. The van der Waals surface area contributed by atoms with Crippen LogP contribution in [-0.2, 0) is 6.54 Å². The van der Waals surface area contributed by atoms with E-state index in [-0.39, 0.29) is 5.91 Å². The Balaban J connectivity index is 1.63. The highest BCUT2D eigenvalue weighted by molar-refractivity contribution is 6.30. The van der Waals surface area contributed by atoms with Crippen LogP contribution < -0.4 is 19.1 Å². The fourth-order valence-corrected chi connectivity index (χ4v) is 3.72. The number of hydrogen-bond acceptors (Lipinski definition) is 4. The predicted octanol–water partition coefficient (Wildman–Crippen LogP) is 1.91. The normalized spacial score (nSPS) is 14.6. The van der Waals surface area contributed by atoms with Crippen molar-refractivity contribution in [1.29, 1.82) is 0 Å². The molecule has 0 radical (unpaired) electrons. The number of rotatable bonds is 6. The smallest absolute Gasteiger partial charge is 0.254 e. The molecule has 1 aliphatic rings. The van der Waals surface area contributed by atoms with Crippen LogP contribution in [0.5, 0.6) is 17.2 Å². The molecule has 6 nitrogen and oxygen atoms in total. The number of hydrogen-bond donors (Lipinski definition) is 1. The molecular weight excluding hydrogens is 380 g/mol. The van der Waals surface area contributed by atoms with E-state index in [0.29, 0.717) is 40.9 Å². The Bertz CT molecular complexity index is 810. The van der Waals surface area contributed by atoms with Gasteiger partial charge in [-0.15, -0.1) is 0 Å². The van der Waals surface area contributed by atoms with E-state index in [1.54, 1.807) is 33.5 Å². The Labute approximate surface area is 170 Å². The second-order valence-electron chi connectivity index (χ2n) is 6.76. The largest absolute Gasteiger partial charge is 0.493 e. The van der Waals surface area contributed by atoms with Crippen LogP contribution >= 0.6 is 11.6 Å². The minimum absolute atomic E-state index is 0.0364. The number of methoxy groups -OCH3 is 3. The number of nitrogens with one attached hydrogen (secondary N) is 1. The lowest BCUT2D eigenvalue weighted by atomic mass is 10.1. The fraction of sp³-hybridized carbons (Fsp3) is 0.381. The van der Waals surface area contributed by atoms with Crippen LogP contribution in [0.3, 0.4) is 0 Å². The Morgan fingerprint density at radius 2 is 1.68 bits per heavy atom. The molecule has 0 spiro atoms. The van der Waals surface area contributed by atoms with Crippen LogP contribution in [0.25, 0.3) is 0 Å². The standard InChI is InChI=1S/C21H25ClN2O4/c1-26-18-11-15(12-19(27-2)20(18)28-3)14-23-7-9-24(10-8-23)21(25)16-5-4-6-17(22)13-16/h4-6,11-13H,7-10,14H2,1-3H3/p+1. The van der Waals surface area contributed by atoms with Crippen molar-refractivity contribution in [2.75, 3.05) is 47.5 Å². The summed E-state index contributed by atoms with van der Waals surface area (Å²) >= 11 is 6.01. The number of carbonyl (C=O) groups is 1. The zero-order valence-corrected chi connectivity index (χ0v) is 17.2. The summed E-state index contributed by atoms with van der Waals surface area (Å²) in [5, 5.41) is 0.581. The number of ether oxygens (including phenoxy) is 3. The van der Waals surface area contributed by atoms with Gasteiger partial charge in [-0.05, 0) is 30.3 Å². The van der Waals surface area contributed by atoms with Gasteiger partial charge >= 0.3 is 0 Å². The Hall–Kier alpha value is -2.44. The summed E-state index contributed by atoms with van der Waals surface area (Å²) < 4.78 is 16.3. The van der Waals surface area contributed by atoms with E-state index >= 15 is 0 Å². The quantitative estimate of drug-likeness (QED) is 0.797. The van der Waals surface area contributed by atoms with Gasteiger partial charge in [0.05, 0.1) is 47.5 Å². The summed E-state index contributed by atoms with van der Waals surface area (Å²) in [6.07, 6.45) is 0. The first-order valence-electron chi connectivity index (χ1n) is 9.23. The van der Waals surface area contributed by atoms with E-state index in [9.17, 15) is 4.79 Å². The van der Waals surface area contributed by atoms with E-state index in [1.165, 1.54) is 4.90 Å². The molecule has 0 atom stereocenters. The molecule has 1 N–H and O–H groups in total. The molecule has 1 heterocycles. The predicted molar refractivity (Wildman–Crippen MR) is 108 cm³/mol. The van der Waals surface area contributed by atoms with E-state index in [4.69, 9.17) is 25.8 Å². The van der Waals surface area contributed by atoms with Gasteiger partial charge in [0.25, 0.3) is 5.91 Å². The maximum atomic E-state index is 12.7. The molecule has 1 amide bonds. The molecule has 2 aromatic carbocycles. The van der Waals surface area contributed by atoms with Crippen molar-refractivity contribution >= 4 is 17.5 Å². The van der Waals surface area contributed by atoms with Crippen LogP contribution in [0.4, 0.5) is 0 Å². The lowest BCUT2D eigenvalue weighted by Crippen LogP contribution is -3.13. The second-order valence-corrected chi connectivity index (χ2v) is 7.20. The van der Waals surface area contributed by atoms with Crippen LogP contribution in [0.2, 0.25) is 5.02 Å². The first-order valence-corrected chi connectivity index (χ1v) is 9.60. The Morgan fingerprint density at radius 3 is 2.21 bits per heavy atom. The second kappa shape index (κ2) is 9.17. The molecule has 0 aliphatic carbocycles. The van der Waals surface area contributed by atoms with Gasteiger partial charge in [0.2, 0.25) is 5.75 Å². The SMILES string of the molecule is COc1cc(C[NH+]2CCN(C(=O)c3cccc(Cl)c3)CC2)cc(OC)c1OC. The molecule has 7 heteroatoms. The lowest BCUT2D eigenvalue weighted by Gasteiger charge is -2.32. The van der Waals surface area contributed by atoms with Crippen molar-refractivity contribution in [1.82, 2.24) is 4.90 Å². The van der Waals surface area contributed by atoms with E-state index in [2.05, 4.69) is 0 Å². The lowest BCUT2D eigenvalue weighted by molar-refractivity contribution is -0.917. The minimum atomic E-state index is 0.0364. The molecule has 1 saturated heterocycles. The first-order chi connectivity index (χ1) is 13.5. The van der Waals surface area contributed by atoms with Crippen molar-refractivity contribution < 1.29 is 23.9 Å². The van der Waals surface area contributed by atoms with Crippen molar-refractivity contribution in [3.05, 3.63) is 52.5 Å². The molecule has 28 heavy (non-hydrogen) atoms. The van der Waals surface area contributed by atoms with Gasteiger partial charge in [0, 0.05) is 16.1 Å². The summed E-state index contributed by atoms with van der Waals surface area (Å²) in [6.45, 7) is 4.01. The number of quaternary nitrogens is 1. The maximum absolute atomic E-state index is 12.7. The van der Waals surface area contributed by atoms with Gasteiger partial charge in [-0.25, -0.2) is 0 Å². The van der Waals surface area contributed by atoms with Crippen LogP contribution in [-0.4, -0.2) is 58.3 Å². The third kappa shape index (κ3) is 4.51. The average Bonchev–Trinajstić information content (AvgIpc) is 2.73. The van der Waals surface area contributed by atoms with Crippen molar-refractivity contribution in [2.24, 2.45) is 0 Å². The highest BCUT2D eigenvalue weighted by Crippen LogP contribution is 2.38. The Morgan fingerprint density at radius 1 is 1.04 bits per heavy atom. The van der Waals surface area contributed by atoms with Gasteiger partial charge in [-0.3, -0.25) is 4.79 Å². The van der Waals surface area contributed by atoms with Crippen molar-refractivity contribution in [3.8, 4) is 17.2 Å². The highest BCUT2D eigenvalue weighted by Gasteiger charge is 2.25. The average molecular weight is 406 g/mol. The number of halogens is 1. The van der Waals surface area contributed by atoms with Gasteiger partial charge in [-0.1, -0.05) is 17.7 Å². The molecule has 0 unspecified atom stereocenters. The van der Waals surface area contributed by atoms with E-state index in [1.807, 2.05) is 29.2 Å². The molecule has 150 valence electrons. The van der Waals surface area contributed by atoms with Gasteiger partial charge in [0.1, 0.15) is 6.54 Å². The fourth-order valence-electron chi connectivity index (χ4n) is 3.53. The third-order valence-electron chi connectivity index (χ3n) is 5.01. The number of piperazine rings is 1. The van der Waals surface area contributed by atoms with E-state index in [0.717, 1.165) is 25.2 Å². The number of carbonyl (C=O) groups excluding carboxylic acids is 1. The van der Waals surface area contributed by atoms with E-state index < -0.39 is 0 Å². The molecule has 0 aromatic heterocycles. The third-order valence-corrected chi connectivity index (χ3v) is 5.24. The van der Waals surface area contributed by atoms with Crippen LogP contribution in [0.1, 0.15) is 15.9 Å². The number of amides is 1.